The molecule has 0 bridgehead atoms. The molecule has 1 aliphatic heterocycles. The fourth-order valence-electron chi connectivity index (χ4n) is 3.62. The van der Waals surface area contributed by atoms with E-state index >= 15 is 0 Å². The lowest BCUT2D eigenvalue weighted by atomic mass is 9.80. The molecule has 2 N–H and O–H groups in total. The number of aromatic carboxylic acids is 1. The van der Waals surface area contributed by atoms with Gasteiger partial charge in [-0.3, -0.25) is 4.99 Å². The number of hydrogen-bond donors (Lipinski definition) is 2. The van der Waals surface area contributed by atoms with Crippen molar-refractivity contribution in [2.24, 2.45) is 4.99 Å². The van der Waals surface area contributed by atoms with E-state index in [4.69, 9.17) is 16.7 Å². The molecule has 142 valence electrons. The standard InChI is InChI=1S/C21H23ClN2O3/c1-12-10-21(2,3)24(4)18-9-17(22)13(7-15(12)18)11-23-14-5-6-19(25)16(8-14)20(26)27/h5-9,11-12,25H,10H2,1-4H3,(H,26,27). The minimum atomic E-state index is -1.20. The summed E-state index contributed by atoms with van der Waals surface area (Å²) in [6, 6.07) is 8.23. The van der Waals surface area contributed by atoms with Crippen LogP contribution in [0.15, 0.2) is 35.3 Å². The number of anilines is 1. The molecule has 6 heteroatoms. The van der Waals surface area contributed by atoms with Crippen LogP contribution in [0.25, 0.3) is 0 Å². The lowest BCUT2D eigenvalue weighted by molar-refractivity contribution is 0.0694. The maximum atomic E-state index is 11.1. The fourth-order valence-corrected chi connectivity index (χ4v) is 3.83. The molecule has 2 aromatic carbocycles. The number of carboxylic acids is 1. The number of carbonyl (C=O) groups is 1. The van der Waals surface area contributed by atoms with E-state index in [9.17, 15) is 9.90 Å². The van der Waals surface area contributed by atoms with Crippen molar-refractivity contribution < 1.29 is 15.0 Å². The first-order valence-electron chi connectivity index (χ1n) is 8.78. The fraction of sp³-hybridized carbons (Fsp3) is 0.333. The van der Waals surface area contributed by atoms with Gasteiger partial charge in [-0.1, -0.05) is 18.5 Å². The van der Waals surface area contributed by atoms with Crippen molar-refractivity contribution in [1.82, 2.24) is 0 Å². The quantitative estimate of drug-likeness (QED) is 0.709. The summed E-state index contributed by atoms with van der Waals surface area (Å²) in [5.74, 6) is -1.09. The van der Waals surface area contributed by atoms with Crippen molar-refractivity contribution in [2.75, 3.05) is 11.9 Å². The van der Waals surface area contributed by atoms with Crippen molar-refractivity contribution >= 4 is 35.2 Å². The average molecular weight is 387 g/mol. The Hall–Kier alpha value is -2.53. The number of rotatable bonds is 3. The highest BCUT2D eigenvalue weighted by molar-refractivity contribution is 6.33. The molecule has 0 fully saturated rings. The molecule has 0 spiro atoms. The lowest BCUT2D eigenvalue weighted by Gasteiger charge is -2.45. The van der Waals surface area contributed by atoms with Gasteiger partial charge in [0.1, 0.15) is 11.3 Å². The van der Waals surface area contributed by atoms with E-state index < -0.39 is 5.97 Å². The first-order valence-corrected chi connectivity index (χ1v) is 9.15. The van der Waals surface area contributed by atoms with Gasteiger partial charge in [0.05, 0.1) is 10.7 Å². The number of carboxylic acid groups (broad SMARTS) is 1. The zero-order valence-corrected chi connectivity index (χ0v) is 16.6. The van der Waals surface area contributed by atoms with Gasteiger partial charge in [-0.15, -0.1) is 0 Å². The minimum absolute atomic E-state index is 0.0601. The second-order valence-corrected chi connectivity index (χ2v) is 8.08. The van der Waals surface area contributed by atoms with Crippen molar-refractivity contribution in [3.8, 4) is 5.75 Å². The van der Waals surface area contributed by atoms with Crippen molar-refractivity contribution in [2.45, 2.75) is 38.6 Å². The summed E-state index contributed by atoms with van der Waals surface area (Å²) < 4.78 is 0. The summed E-state index contributed by atoms with van der Waals surface area (Å²) in [4.78, 5) is 17.7. The molecule has 2 aromatic rings. The van der Waals surface area contributed by atoms with E-state index in [0.717, 1.165) is 17.7 Å². The topological polar surface area (TPSA) is 73.1 Å². The van der Waals surface area contributed by atoms with Gasteiger partial charge in [0.15, 0.2) is 0 Å². The summed E-state index contributed by atoms with van der Waals surface area (Å²) in [6.07, 6.45) is 2.67. The minimum Gasteiger partial charge on any atom is -0.507 e. The van der Waals surface area contributed by atoms with E-state index in [1.54, 1.807) is 12.3 Å². The molecule has 0 aliphatic carbocycles. The molecule has 0 amide bonds. The van der Waals surface area contributed by atoms with E-state index in [1.165, 1.54) is 17.7 Å². The SMILES string of the molecule is CC1CC(C)(C)N(C)c2cc(Cl)c(C=Nc3ccc(O)c(C(=O)O)c3)cc21. The van der Waals surface area contributed by atoms with Crippen molar-refractivity contribution in [1.29, 1.82) is 0 Å². The third-order valence-corrected chi connectivity index (χ3v) is 5.64. The van der Waals surface area contributed by atoms with E-state index in [2.05, 4.69) is 43.8 Å². The van der Waals surface area contributed by atoms with Crippen LogP contribution in [0.3, 0.4) is 0 Å². The largest absolute Gasteiger partial charge is 0.507 e. The average Bonchev–Trinajstić information content (AvgIpc) is 2.59. The third kappa shape index (κ3) is 3.65. The predicted molar refractivity (Wildman–Crippen MR) is 109 cm³/mol. The Morgan fingerprint density at radius 2 is 2.04 bits per heavy atom. The number of halogens is 1. The predicted octanol–water partition coefficient (Wildman–Crippen LogP) is 5.22. The van der Waals surface area contributed by atoms with Crippen molar-refractivity contribution in [3.05, 3.63) is 52.0 Å². The van der Waals surface area contributed by atoms with Crippen LogP contribution < -0.4 is 4.90 Å². The Balaban J connectivity index is 1.98. The maximum Gasteiger partial charge on any atom is 0.339 e. The molecular weight excluding hydrogens is 364 g/mol. The first-order chi connectivity index (χ1) is 12.6. The van der Waals surface area contributed by atoms with Gasteiger partial charge < -0.3 is 15.1 Å². The molecule has 1 aliphatic rings. The number of benzene rings is 2. The summed E-state index contributed by atoms with van der Waals surface area (Å²) in [5, 5.41) is 19.3. The number of nitrogens with zero attached hydrogens (tertiary/aromatic N) is 2. The molecule has 1 atom stereocenters. The lowest BCUT2D eigenvalue weighted by Crippen LogP contribution is -2.45. The zero-order chi connectivity index (χ0) is 19.9. The molecule has 3 rings (SSSR count). The van der Waals surface area contributed by atoms with E-state index in [0.29, 0.717) is 16.6 Å². The van der Waals surface area contributed by atoms with Crippen LogP contribution in [0.5, 0.6) is 5.75 Å². The number of hydrogen-bond acceptors (Lipinski definition) is 4. The van der Waals surface area contributed by atoms with Gasteiger partial charge in [-0.2, -0.15) is 0 Å². The normalized spacial score (nSPS) is 18.6. The second kappa shape index (κ2) is 6.89. The summed E-state index contributed by atoms with van der Waals surface area (Å²) in [5.41, 5.74) is 3.44. The number of phenols is 1. The van der Waals surface area contributed by atoms with E-state index in [1.807, 2.05) is 6.07 Å². The Labute approximate surface area is 163 Å². The number of aromatic hydroxyl groups is 1. The zero-order valence-electron chi connectivity index (χ0n) is 15.8. The second-order valence-electron chi connectivity index (χ2n) is 7.67. The highest BCUT2D eigenvalue weighted by Crippen LogP contribution is 2.44. The highest BCUT2D eigenvalue weighted by Gasteiger charge is 2.34. The Morgan fingerprint density at radius 1 is 1.33 bits per heavy atom. The molecular formula is C21H23ClN2O3. The van der Waals surface area contributed by atoms with Crippen LogP contribution in [0, 0.1) is 0 Å². The van der Waals surface area contributed by atoms with Crippen LogP contribution in [0.4, 0.5) is 11.4 Å². The maximum absolute atomic E-state index is 11.1. The molecule has 27 heavy (non-hydrogen) atoms. The monoisotopic (exact) mass is 386 g/mol. The van der Waals surface area contributed by atoms with Gasteiger partial charge in [-0.25, -0.2) is 4.79 Å². The third-order valence-electron chi connectivity index (χ3n) is 5.32. The number of aliphatic imine (C=N–C) groups is 1. The van der Waals surface area contributed by atoms with Gasteiger partial charge in [-0.05, 0) is 62.1 Å². The van der Waals surface area contributed by atoms with Crippen LogP contribution >= 0.6 is 11.6 Å². The Kier molecular flexibility index (Phi) is 4.91. The summed E-state index contributed by atoms with van der Waals surface area (Å²) in [7, 11) is 2.08. The van der Waals surface area contributed by atoms with Gasteiger partial charge >= 0.3 is 5.97 Å². The van der Waals surface area contributed by atoms with Crippen LogP contribution in [-0.4, -0.2) is 35.0 Å². The van der Waals surface area contributed by atoms with Gasteiger partial charge in [0.25, 0.3) is 0 Å². The molecule has 5 nitrogen and oxygen atoms in total. The van der Waals surface area contributed by atoms with Crippen LogP contribution in [0.2, 0.25) is 5.02 Å². The van der Waals surface area contributed by atoms with Crippen LogP contribution in [0.1, 0.15) is 54.6 Å². The molecule has 0 saturated heterocycles. The summed E-state index contributed by atoms with van der Waals surface area (Å²) in [6.45, 7) is 6.66. The Bertz CT molecular complexity index is 937. The first kappa shape index (κ1) is 19.2. The molecule has 0 saturated carbocycles. The van der Waals surface area contributed by atoms with Gasteiger partial charge in [0.2, 0.25) is 0 Å². The van der Waals surface area contributed by atoms with E-state index in [-0.39, 0.29) is 16.9 Å². The number of fused-ring (bicyclic) bond motifs is 1. The van der Waals surface area contributed by atoms with Crippen LogP contribution in [-0.2, 0) is 0 Å². The van der Waals surface area contributed by atoms with Gasteiger partial charge in [0, 0.05) is 30.1 Å². The smallest absolute Gasteiger partial charge is 0.339 e. The Morgan fingerprint density at radius 3 is 2.70 bits per heavy atom. The molecule has 0 radical (unpaired) electrons. The molecule has 0 aromatic heterocycles. The van der Waals surface area contributed by atoms with Crippen molar-refractivity contribution in [3.63, 3.8) is 0 Å². The highest BCUT2D eigenvalue weighted by atomic mass is 35.5. The summed E-state index contributed by atoms with van der Waals surface area (Å²) >= 11 is 6.49. The molecule has 1 unspecified atom stereocenters. The molecule has 1 heterocycles.